The van der Waals surface area contributed by atoms with Crippen molar-refractivity contribution in [3.63, 3.8) is 0 Å². The molecule has 27 heavy (non-hydrogen) atoms. The van der Waals surface area contributed by atoms with Crippen LogP contribution < -0.4 is 9.64 Å². The van der Waals surface area contributed by atoms with Crippen LogP contribution in [-0.4, -0.2) is 24.9 Å². The third-order valence-corrected chi connectivity index (χ3v) is 5.20. The fourth-order valence-electron chi connectivity index (χ4n) is 3.75. The zero-order valence-corrected chi connectivity index (χ0v) is 15.5. The standard InChI is InChI=1S/C21H22F2N2O2/c1-13-10-16(22)21(17(23)11-13)25-8-6-15(7-9-25)12-26-18-4-3-5-19-20(18)14(2)24-27-19/h3-5,10-11,15H,6-9,12H2,1-2H3. The van der Waals surface area contributed by atoms with Crippen LogP contribution in [0.3, 0.4) is 0 Å². The molecule has 1 saturated heterocycles. The maximum Gasteiger partial charge on any atom is 0.170 e. The van der Waals surface area contributed by atoms with Gasteiger partial charge in [-0.05, 0) is 62.4 Å². The number of benzene rings is 2. The first-order valence-corrected chi connectivity index (χ1v) is 9.21. The number of nitrogens with zero attached hydrogens (tertiary/aromatic N) is 2. The molecule has 0 atom stereocenters. The SMILES string of the molecule is Cc1cc(F)c(N2CCC(COc3cccc4onc(C)c34)CC2)c(F)c1. The molecular weight excluding hydrogens is 350 g/mol. The van der Waals surface area contributed by atoms with E-state index in [0.717, 1.165) is 29.7 Å². The minimum atomic E-state index is -0.489. The lowest BCUT2D eigenvalue weighted by molar-refractivity contribution is 0.224. The summed E-state index contributed by atoms with van der Waals surface area (Å²) in [5.74, 6) is 0.131. The van der Waals surface area contributed by atoms with Crippen LogP contribution in [0.1, 0.15) is 24.1 Å². The van der Waals surface area contributed by atoms with Crippen LogP contribution in [-0.2, 0) is 0 Å². The highest BCUT2D eigenvalue weighted by molar-refractivity contribution is 5.85. The van der Waals surface area contributed by atoms with Crippen molar-refractivity contribution < 1.29 is 18.0 Å². The van der Waals surface area contributed by atoms with Crippen molar-refractivity contribution in [2.45, 2.75) is 26.7 Å². The van der Waals surface area contributed by atoms with Crippen molar-refractivity contribution in [2.24, 2.45) is 5.92 Å². The molecule has 1 aromatic heterocycles. The Labute approximate surface area is 156 Å². The average Bonchev–Trinajstić information content (AvgIpc) is 3.02. The van der Waals surface area contributed by atoms with Crippen molar-refractivity contribution in [1.29, 1.82) is 0 Å². The van der Waals surface area contributed by atoms with Gasteiger partial charge in [0.2, 0.25) is 0 Å². The van der Waals surface area contributed by atoms with E-state index in [9.17, 15) is 8.78 Å². The second-order valence-electron chi connectivity index (χ2n) is 7.22. The van der Waals surface area contributed by atoms with Crippen LogP contribution in [0, 0.1) is 31.4 Å². The molecule has 0 N–H and O–H groups in total. The Kier molecular flexibility index (Phi) is 4.72. The molecule has 142 valence electrons. The molecule has 6 heteroatoms. The highest BCUT2D eigenvalue weighted by atomic mass is 19.1. The van der Waals surface area contributed by atoms with Crippen molar-refractivity contribution in [3.05, 3.63) is 53.2 Å². The Morgan fingerprint density at radius 3 is 2.56 bits per heavy atom. The fraction of sp³-hybridized carbons (Fsp3) is 0.381. The van der Waals surface area contributed by atoms with Gasteiger partial charge in [0.15, 0.2) is 5.58 Å². The summed E-state index contributed by atoms with van der Waals surface area (Å²) in [5.41, 5.74) is 2.20. The second-order valence-corrected chi connectivity index (χ2v) is 7.22. The first-order valence-electron chi connectivity index (χ1n) is 9.21. The third-order valence-electron chi connectivity index (χ3n) is 5.20. The molecule has 2 aromatic carbocycles. The lowest BCUT2D eigenvalue weighted by Gasteiger charge is -2.34. The summed E-state index contributed by atoms with van der Waals surface area (Å²) in [5, 5.41) is 4.89. The Balaban J connectivity index is 1.39. The third kappa shape index (κ3) is 3.48. The van der Waals surface area contributed by atoms with E-state index in [0.29, 0.717) is 36.8 Å². The number of fused-ring (bicyclic) bond motifs is 1. The molecular formula is C21H22F2N2O2. The Bertz CT molecular complexity index is 939. The van der Waals surface area contributed by atoms with E-state index in [4.69, 9.17) is 9.26 Å². The maximum absolute atomic E-state index is 14.2. The number of hydrogen-bond donors (Lipinski definition) is 0. The number of halogens is 2. The summed E-state index contributed by atoms with van der Waals surface area (Å²) in [6.07, 6.45) is 1.65. The van der Waals surface area contributed by atoms with Crippen LogP contribution in [0.2, 0.25) is 0 Å². The van der Waals surface area contributed by atoms with Gasteiger partial charge in [-0.3, -0.25) is 0 Å². The van der Waals surface area contributed by atoms with Crippen molar-refractivity contribution in [2.75, 3.05) is 24.6 Å². The number of piperidine rings is 1. The summed E-state index contributed by atoms with van der Waals surface area (Å²) in [7, 11) is 0. The van der Waals surface area contributed by atoms with Gasteiger partial charge in [-0.25, -0.2) is 8.78 Å². The Hall–Kier alpha value is -2.63. The minimum Gasteiger partial charge on any atom is -0.492 e. The molecule has 1 aliphatic rings. The van der Waals surface area contributed by atoms with Crippen LogP contribution in [0.25, 0.3) is 11.0 Å². The number of aromatic nitrogens is 1. The summed E-state index contributed by atoms with van der Waals surface area (Å²) >= 11 is 0. The van der Waals surface area contributed by atoms with Crippen molar-refractivity contribution >= 4 is 16.7 Å². The summed E-state index contributed by atoms with van der Waals surface area (Å²) < 4.78 is 39.7. The van der Waals surface area contributed by atoms with Crippen LogP contribution in [0.5, 0.6) is 5.75 Å². The summed E-state index contributed by atoms with van der Waals surface area (Å²) in [4.78, 5) is 1.80. The second kappa shape index (κ2) is 7.18. The van der Waals surface area contributed by atoms with E-state index in [-0.39, 0.29) is 5.69 Å². The van der Waals surface area contributed by atoms with Gasteiger partial charge in [-0.1, -0.05) is 11.2 Å². The lowest BCUT2D eigenvalue weighted by Crippen LogP contribution is -2.36. The molecule has 4 nitrogen and oxygen atoms in total. The smallest absolute Gasteiger partial charge is 0.170 e. The number of anilines is 1. The van der Waals surface area contributed by atoms with Crippen LogP contribution in [0.4, 0.5) is 14.5 Å². The zero-order valence-electron chi connectivity index (χ0n) is 15.5. The molecule has 1 aliphatic heterocycles. The van der Waals surface area contributed by atoms with E-state index < -0.39 is 11.6 Å². The zero-order chi connectivity index (χ0) is 19.0. The Morgan fingerprint density at radius 2 is 1.85 bits per heavy atom. The minimum absolute atomic E-state index is 0.0878. The number of hydrogen-bond acceptors (Lipinski definition) is 4. The molecule has 0 radical (unpaired) electrons. The number of ether oxygens (including phenoxy) is 1. The van der Waals surface area contributed by atoms with Gasteiger partial charge in [0, 0.05) is 13.1 Å². The van der Waals surface area contributed by atoms with Crippen molar-refractivity contribution in [3.8, 4) is 5.75 Å². The van der Waals surface area contributed by atoms with Gasteiger partial charge in [-0.15, -0.1) is 0 Å². The molecule has 0 amide bonds. The maximum atomic E-state index is 14.2. The Morgan fingerprint density at radius 1 is 1.15 bits per heavy atom. The van der Waals surface area contributed by atoms with E-state index in [2.05, 4.69) is 5.16 Å². The predicted molar refractivity (Wildman–Crippen MR) is 100 cm³/mol. The van der Waals surface area contributed by atoms with Gasteiger partial charge in [0.25, 0.3) is 0 Å². The number of rotatable bonds is 4. The molecule has 4 rings (SSSR count). The predicted octanol–water partition coefficient (Wildman–Crippen LogP) is 5.02. The number of aryl methyl sites for hydroxylation is 2. The average molecular weight is 372 g/mol. The molecule has 2 heterocycles. The van der Waals surface area contributed by atoms with Gasteiger partial charge in [-0.2, -0.15) is 0 Å². The summed E-state index contributed by atoms with van der Waals surface area (Å²) in [6, 6.07) is 8.43. The van der Waals surface area contributed by atoms with E-state index in [1.807, 2.05) is 25.1 Å². The quantitative estimate of drug-likeness (QED) is 0.645. The molecule has 0 bridgehead atoms. The van der Waals surface area contributed by atoms with Crippen LogP contribution in [0.15, 0.2) is 34.9 Å². The molecule has 1 fully saturated rings. The van der Waals surface area contributed by atoms with Crippen LogP contribution >= 0.6 is 0 Å². The van der Waals surface area contributed by atoms with Gasteiger partial charge in [0.05, 0.1) is 17.7 Å². The van der Waals surface area contributed by atoms with E-state index in [1.165, 1.54) is 12.1 Å². The highest BCUT2D eigenvalue weighted by Gasteiger charge is 2.24. The lowest BCUT2D eigenvalue weighted by atomic mass is 9.97. The highest BCUT2D eigenvalue weighted by Crippen LogP contribution is 2.31. The summed E-state index contributed by atoms with van der Waals surface area (Å²) in [6.45, 7) is 5.37. The van der Waals surface area contributed by atoms with Gasteiger partial charge >= 0.3 is 0 Å². The van der Waals surface area contributed by atoms with Gasteiger partial charge < -0.3 is 14.2 Å². The molecule has 0 saturated carbocycles. The van der Waals surface area contributed by atoms with E-state index >= 15 is 0 Å². The fourth-order valence-corrected chi connectivity index (χ4v) is 3.75. The first kappa shape index (κ1) is 17.8. The topological polar surface area (TPSA) is 38.5 Å². The van der Waals surface area contributed by atoms with Crippen molar-refractivity contribution in [1.82, 2.24) is 5.16 Å². The first-order chi connectivity index (χ1) is 13.0. The van der Waals surface area contributed by atoms with Gasteiger partial charge in [0.1, 0.15) is 23.1 Å². The molecule has 0 unspecified atom stereocenters. The monoisotopic (exact) mass is 372 g/mol. The normalized spacial score (nSPS) is 15.5. The molecule has 0 aliphatic carbocycles. The van der Waals surface area contributed by atoms with E-state index in [1.54, 1.807) is 11.8 Å². The molecule has 0 spiro atoms. The molecule has 3 aromatic rings. The largest absolute Gasteiger partial charge is 0.492 e.